The highest BCUT2D eigenvalue weighted by atomic mass is 35.5. The maximum atomic E-state index is 10.8. The van der Waals surface area contributed by atoms with Gasteiger partial charge in [-0.25, -0.2) is 8.42 Å². The van der Waals surface area contributed by atoms with Crippen LogP contribution < -0.4 is 18.6 Å². The second-order valence-corrected chi connectivity index (χ2v) is 13.8. The molecular weight excluding hydrogens is 576 g/mol. The molecule has 0 aromatic rings. The van der Waals surface area contributed by atoms with Crippen LogP contribution in [0.25, 0.3) is 0 Å². The third-order valence-corrected chi connectivity index (χ3v) is 8.64. The number of hydrogen-bond donors (Lipinski definition) is 3. The lowest BCUT2D eigenvalue weighted by molar-refractivity contribution is -0.890. The lowest BCUT2D eigenvalue weighted by atomic mass is 9.84. The third-order valence-electron chi connectivity index (χ3n) is 8.01. The van der Waals surface area contributed by atoms with Crippen LogP contribution in [0.5, 0.6) is 0 Å². The number of aliphatic hydroxyl groups is 2. The summed E-state index contributed by atoms with van der Waals surface area (Å²) in [6, 6.07) is 0. The van der Waals surface area contributed by atoms with Gasteiger partial charge in [0.1, 0.15) is 6.54 Å². The van der Waals surface area contributed by atoms with Gasteiger partial charge >= 0.3 is 0 Å². The minimum absolute atomic E-state index is 0. The first-order chi connectivity index (χ1) is 18.8. The number of nitrogens with zero attached hydrogens (tertiary/aromatic N) is 1. The summed E-state index contributed by atoms with van der Waals surface area (Å²) in [5.41, 5.74) is -1.07. The molecule has 0 bridgehead atoms. The van der Waals surface area contributed by atoms with Crippen LogP contribution in [0.15, 0.2) is 0 Å². The molecule has 10 heteroatoms. The molecule has 0 rings (SSSR count). The molecule has 0 aliphatic rings. The van der Waals surface area contributed by atoms with Crippen molar-refractivity contribution in [2.24, 2.45) is 5.92 Å². The molecule has 0 amide bonds. The lowest BCUT2D eigenvalue weighted by Crippen LogP contribution is -3.00. The summed E-state index contributed by atoms with van der Waals surface area (Å²) < 4.78 is 38.1. The van der Waals surface area contributed by atoms with Gasteiger partial charge in [0.25, 0.3) is 0 Å². The van der Waals surface area contributed by atoms with Crippen molar-refractivity contribution in [2.75, 3.05) is 40.4 Å². The van der Waals surface area contributed by atoms with Gasteiger partial charge in [-0.3, -0.25) is 4.18 Å². The topological polar surface area (TPSA) is 143 Å². The molecule has 1 atom stereocenters. The highest BCUT2D eigenvalue weighted by Gasteiger charge is 2.32. The Morgan fingerprint density at radius 3 is 1.40 bits per heavy atom. The molecule has 0 aromatic heterocycles. The van der Waals surface area contributed by atoms with Crippen molar-refractivity contribution in [1.29, 1.82) is 0 Å². The van der Waals surface area contributed by atoms with Gasteiger partial charge in [0.05, 0.1) is 32.8 Å². The predicted molar refractivity (Wildman–Crippen MR) is 174 cm³/mol. The molecule has 0 saturated carbocycles. The van der Waals surface area contributed by atoms with E-state index in [-0.39, 0.29) is 31.1 Å². The second-order valence-electron chi connectivity index (χ2n) is 12.9. The normalized spacial score (nSPS) is 12.6. The van der Waals surface area contributed by atoms with E-state index in [0.29, 0.717) is 13.0 Å². The Bertz CT molecular complexity index is 651. The molecule has 0 saturated heterocycles. The molecule has 260 valence electrons. The number of hydrogen-bond acceptors (Lipinski definition) is 6. The highest BCUT2D eigenvalue weighted by Crippen LogP contribution is 2.30. The average molecular weight is 649 g/mol. The van der Waals surface area contributed by atoms with Gasteiger partial charge in [-0.1, -0.05) is 117 Å². The van der Waals surface area contributed by atoms with Crippen molar-refractivity contribution in [3.8, 4) is 0 Å². The molecular formula is C32H73ClN2O6S. The van der Waals surface area contributed by atoms with Crippen LogP contribution in [-0.2, 0) is 14.6 Å². The fourth-order valence-corrected chi connectivity index (χ4v) is 5.92. The van der Waals surface area contributed by atoms with Crippen molar-refractivity contribution in [2.45, 2.75) is 162 Å². The first-order valence-electron chi connectivity index (χ1n) is 16.5. The zero-order valence-electron chi connectivity index (χ0n) is 28.8. The van der Waals surface area contributed by atoms with Crippen molar-refractivity contribution < 1.29 is 44.3 Å². The van der Waals surface area contributed by atoms with Crippen LogP contribution >= 0.6 is 0 Å². The van der Waals surface area contributed by atoms with Crippen LogP contribution in [0.3, 0.4) is 0 Å². The second kappa shape index (κ2) is 31.0. The average Bonchev–Trinajstić information content (AvgIpc) is 2.85. The van der Waals surface area contributed by atoms with Crippen molar-refractivity contribution >= 4 is 10.4 Å². The minimum atomic E-state index is -4.72. The van der Waals surface area contributed by atoms with E-state index in [1.165, 1.54) is 109 Å². The van der Waals surface area contributed by atoms with Gasteiger partial charge < -0.3 is 37.8 Å². The van der Waals surface area contributed by atoms with Gasteiger partial charge in [-0.15, -0.1) is 0 Å². The van der Waals surface area contributed by atoms with Crippen LogP contribution in [0.1, 0.15) is 156 Å². The number of aliphatic hydroxyl groups excluding tert-OH is 2. The standard InChI is InChI=1S/C16H36NO.C16H34O5S.ClH.H3N/c1-4-5-6-7-8-9-10-11-12-13-14-17(2,3)15-16-18;1-4-5-6-7-8-9-10-11-12-15(13-14-17)16(2,3)21-22(18,19)20;;/h18H,4-16H2,1-3H3;15,17H,4-14H2,1-3H3,(H,18,19,20);1H;1H3/q+1;;;/p-1. The Labute approximate surface area is 268 Å². The maximum Gasteiger partial charge on any atom is 0.218 e. The summed E-state index contributed by atoms with van der Waals surface area (Å²) in [6.45, 7) is 10.1. The number of rotatable bonds is 27. The molecule has 1 unspecified atom stereocenters. The van der Waals surface area contributed by atoms with Crippen molar-refractivity contribution in [3.63, 3.8) is 0 Å². The van der Waals surface area contributed by atoms with E-state index >= 15 is 0 Å². The zero-order valence-corrected chi connectivity index (χ0v) is 30.4. The van der Waals surface area contributed by atoms with E-state index < -0.39 is 16.0 Å². The smallest absolute Gasteiger partial charge is 0.218 e. The van der Waals surface area contributed by atoms with Gasteiger partial charge in [0.2, 0.25) is 10.4 Å². The molecule has 0 radical (unpaired) electrons. The Hall–Kier alpha value is -0.0000000000000000763. The van der Waals surface area contributed by atoms with E-state index in [4.69, 9.17) is 10.2 Å². The van der Waals surface area contributed by atoms with Gasteiger partial charge in [-0.2, -0.15) is 0 Å². The highest BCUT2D eigenvalue weighted by molar-refractivity contribution is 7.80. The van der Waals surface area contributed by atoms with Gasteiger partial charge in [-0.05, 0) is 45.4 Å². The van der Waals surface area contributed by atoms with E-state index in [0.717, 1.165) is 30.3 Å². The molecule has 0 heterocycles. The first-order valence-corrected chi connectivity index (χ1v) is 17.9. The summed E-state index contributed by atoms with van der Waals surface area (Å²) in [7, 11) is -0.300. The molecule has 6 N–H and O–H groups in total. The molecule has 0 aliphatic carbocycles. The zero-order chi connectivity index (χ0) is 30.8. The third kappa shape index (κ3) is 34.5. The summed E-state index contributed by atoms with van der Waals surface area (Å²) in [5, 5.41) is 18.1. The Balaban J connectivity index is -0.000000334. The molecule has 8 nitrogen and oxygen atoms in total. The molecule has 0 aromatic carbocycles. The summed E-state index contributed by atoms with van der Waals surface area (Å²) >= 11 is 0. The van der Waals surface area contributed by atoms with Gasteiger partial charge in [0.15, 0.2) is 0 Å². The fourth-order valence-electron chi connectivity index (χ4n) is 5.26. The summed E-state index contributed by atoms with van der Waals surface area (Å²) in [4.78, 5) is 0. The Morgan fingerprint density at radius 1 is 0.667 bits per heavy atom. The number of likely N-dealkylation sites (N-methyl/N-ethyl adjacent to an activating group) is 1. The van der Waals surface area contributed by atoms with Crippen LogP contribution in [0.2, 0.25) is 0 Å². The maximum absolute atomic E-state index is 10.8. The lowest BCUT2D eigenvalue weighted by Gasteiger charge is -2.34. The van der Waals surface area contributed by atoms with E-state index in [1.807, 2.05) is 0 Å². The van der Waals surface area contributed by atoms with Crippen molar-refractivity contribution in [3.05, 3.63) is 0 Å². The molecule has 42 heavy (non-hydrogen) atoms. The molecule has 0 fully saturated rings. The monoisotopic (exact) mass is 648 g/mol. The van der Waals surface area contributed by atoms with E-state index in [1.54, 1.807) is 13.8 Å². The van der Waals surface area contributed by atoms with Crippen LogP contribution in [-0.4, -0.2) is 73.7 Å². The summed E-state index contributed by atoms with van der Waals surface area (Å²) in [5.74, 6) is -0.138. The molecule has 0 spiro atoms. The van der Waals surface area contributed by atoms with Crippen molar-refractivity contribution in [1.82, 2.24) is 6.15 Å². The Morgan fingerprint density at radius 2 is 1.05 bits per heavy atom. The molecule has 0 aliphatic heterocycles. The number of quaternary nitrogens is 2. The SMILES string of the molecule is CCCCCCCCCCC(CCO)C(C)(C)OS(=O)(=O)[O-].CCCCCCCCCCCC[N+](C)(C)CCO.[Cl-].[NH4+]. The number of halogens is 1. The Kier molecular flexibility index (Phi) is 36.1. The van der Waals surface area contributed by atoms with Gasteiger partial charge in [0, 0.05) is 6.61 Å². The van der Waals surface area contributed by atoms with E-state index in [2.05, 4.69) is 32.1 Å². The van der Waals surface area contributed by atoms with Crippen LogP contribution in [0.4, 0.5) is 0 Å². The minimum Gasteiger partial charge on any atom is -1.00 e. The van der Waals surface area contributed by atoms with E-state index in [9.17, 15) is 13.0 Å². The largest absolute Gasteiger partial charge is 1.00 e. The number of unbranched alkanes of at least 4 members (excludes halogenated alkanes) is 16. The van der Waals surface area contributed by atoms with Crippen LogP contribution in [0, 0.1) is 5.92 Å². The first kappa shape index (κ1) is 48.9. The summed E-state index contributed by atoms with van der Waals surface area (Å²) in [6.07, 6.45) is 24.8. The predicted octanol–water partition coefficient (Wildman–Crippen LogP) is 5.13. The quantitative estimate of drug-likeness (QED) is 0.0488. The fraction of sp³-hybridized carbons (Fsp3) is 1.00.